The van der Waals surface area contributed by atoms with Gasteiger partial charge in [0.05, 0.1) is 11.8 Å². The Bertz CT molecular complexity index is 1050. The fraction of sp³-hybridized carbons (Fsp3) is 0.652. The fourth-order valence-electron chi connectivity index (χ4n) is 4.94. The van der Waals surface area contributed by atoms with Crippen molar-refractivity contribution in [2.75, 3.05) is 19.8 Å². The molecule has 2 amide bonds. The van der Waals surface area contributed by atoms with E-state index >= 15 is 0 Å². The minimum Gasteiger partial charge on any atom is -0.340 e. The zero-order chi connectivity index (χ0) is 26.1. The van der Waals surface area contributed by atoms with Gasteiger partial charge in [-0.2, -0.15) is 13.2 Å². The third kappa shape index (κ3) is 6.73. The number of hydrogen-bond donors (Lipinski definition) is 2. The maximum Gasteiger partial charge on any atom is 0.416 e. The van der Waals surface area contributed by atoms with Crippen molar-refractivity contribution in [2.24, 2.45) is 0 Å². The number of rotatable bonds is 7. The Morgan fingerprint density at radius 1 is 1.20 bits per heavy atom. The van der Waals surface area contributed by atoms with Crippen molar-refractivity contribution in [1.29, 1.82) is 0 Å². The second-order valence-corrected chi connectivity index (χ2v) is 11.5. The molecule has 1 saturated heterocycles. The molecule has 196 valence electrons. The summed E-state index contributed by atoms with van der Waals surface area (Å²) in [5.41, 5.74) is -1.12. The fourth-order valence-corrected chi connectivity index (χ4v) is 5.75. The predicted octanol–water partition coefficient (Wildman–Crippen LogP) is 2.22. The van der Waals surface area contributed by atoms with Crippen LogP contribution in [0.3, 0.4) is 0 Å². The quantitative estimate of drug-likeness (QED) is 0.577. The summed E-state index contributed by atoms with van der Waals surface area (Å²) in [6.45, 7) is 4.45. The van der Waals surface area contributed by atoms with Gasteiger partial charge in [0.25, 0.3) is 5.91 Å². The second-order valence-electron chi connectivity index (χ2n) is 9.71. The molecule has 3 rings (SSSR count). The molecule has 1 saturated carbocycles. The number of amides is 2. The summed E-state index contributed by atoms with van der Waals surface area (Å²) in [6, 6.07) is 2.74. The Balaban J connectivity index is 1.72. The van der Waals surface area contributed by atoms with Gasteiger partial charge in [-0.15, -0.1) is 0 Å². The lowest BCUT2D eigenvalue weighted by molar-refractivity contribution is -0.137. The molecule has 8 nitrogen and oxygen atoms in total. The normalized spacial score (nSPS) is 26.0. The van der Waals surface area contributed by atoms with Gasteiger partial charge >= 0.3 is 6.18 Å². The highest BCUT2D eigenvalue weighted by atomic mass is 32.2. The van der Waals surface area contributed by atoms with Crippen molar-refractivity contribution >= 4 is 21.8 Å². The summed E-state index contributed by atoms with van der Waals surface area (Å²) < 4.78 is 65.8. The Morgan fingerprint density at radius 3 is 2.49 bits per heavy atom. The minimum atomic E-state index is -4.58. The van der Waals surface area contributed by atoms with Crippen LogP contribution in [-0.2, 0) is 21.0 Å². The van der Waals surface area contributed by atoms with E-state index < -0.39 is 39.8 Å². The number of sulfonamides is 1. The molecule has 1 aliphatic carbocycles. The van der Waals surface area contributed by atoms with Crippen LogP contribution in [0.1, 0.15) is 55.5 Å². The molecule has 1 aromatic carbocycles. The molecule has 1 aliphatic heterocycles. The van der Waals surface area contributed by atoms with E-state index in [9.17, 15) is 31.2 Å². The molecule has 0 bridgehead atoms. The van der Waals surface area contributed by atoms with Crippen molar-refractivity contribution in [3.8, 4) is 0 Å². The van der Waals surface area contributed by atoms with Crippen LogP contribution >= 0.6 is 0 Å². The number of hydrogen-bond acceptors (Lipinski definition) is 5. The first-order valence-electron chi connectivity index (χ1n) is 11.6. The van der Waals surface area contributed by atoms with E-state index in [1.165, 1.54) is 6.07 Å². The summed E-state index contributed by atoms with van der Waals surface area (Å²) in [4.78, 5) is 29.6. The van der Waals surface area contributed by atoms with Crippen LogP contribution in [0.25, 0.3) is 0 Å². The van der Waals surface area contributed by atoms with E-state index in [4.69, 9.17) is 0 Å². The smallest absolute Gasteiger partial charge is 0.340 e. The molecule has 0 unspecified atom stereocenters. The van der Waals surface area contributed by atoms with Gasteiger partial charge < -0.3 is 15.1 Å². The van der Waals surface area contributed by atoms with Crippen LogP contribution in [0.15, 0.2) is 24.3 Å². The van der Waals surface area contributed by atoms with Gasteiger partial charge in [0.2, 0.25) is 15.9 Å². The molecule has 2 fully saturated rings. The van der Waals surface area contributed by atoms with Gasteiger partial charge in [0.15, 0.2) is 0 Å². The first-order chi connectivity index (χ1) is 16.2. The lowest BCUT2D eigenvalue weighted by atomic mass is 9.85. The highest BCUT2D eigenvalue weighted by molar-refractivity contribution is 7.88. The monoisotopic (exact) mass is 518 g/mol. The molecule has 35 heavy (non-hydrogen) atoms. The van der Waals surface area contributed by atoms with Crippen molar-refractivity contribution in [1.82, 2.24) is 19.8 Å². The van der Waals surface area contributed by atoms with Crippen molar-refractivity contribution < 1.29 is 31.2 Å². The molecule has 4 atom stereocenters. The topological polar surface area (TPSA) is 98.8 Å². The Morgan fingerprint density at radius 2 is 1.89 bits per heavy atom. The first-order valence-corrected chi connectivity index (χ1v) is 13.5. The lowest BCUT2D eigenvalue weighted by Gasteiger charge is -2.44. The lowest BCUT2D eigenvalue weighted by Crippen LogP contribution is -2.58. The molecule has 0 spiro atoms. The maximum absolute atomic E-state index is 13.2. The van der Waals surface area contributed by atoms with Crippen molar-refractivity contribution in [3.05, 3.63) is 35.4 Å². The molecule has 1 aromatic rings. The van der Waals surface area contributed by atoms with E-state index in [-0.39, 0.29) is 29.6 Å². The zero-order valence-electron chi connectivity index (χ0n) is 20.3. The SMILES string of the molecule is CC(C)N(C)[C@@H]1CC[C@H](N2CC[C@H](NC(=O)c3cccc(C(F)(F)F)c3)C2=O)[C@H](NS(C)(=O)=O)C1. The largest absolute Gasteiger partial charge is 0.416 e. The van der Waals surface area contributed by atoms with Gasteiger partial charge in [-0.1, -0.05) is 6.07 Å². The molecule has 1 heterocycles. The third-order valence-electron chi connectivity index (χ3n) is 6.94. The summed E-state index contributed by atoms with van der Waals surface area (Å²) in [6.07, 6.45) is -1.29. The van der Waals surface area contributed by atoms with Crippen LogP contribution in [0.5, 0.6) is 0 Å². The molecule has 0 radical (unpaired) electrons. The molecular weight excluding hydrogens is 485 g/mol. The van der Waals surface area contributed by atoms with E-state index in [0.29, 0.717) is 25.8 Å². The average Bonchev–Trinajstić information content (AvgIpc) is 3.11. The van der Waals surface area contributed by atoms with Gasteiger partial charge in [0.1, 0.15) is 6.04 Å². The number of nitrogens with one attached hydrogen (secondary N) is 2. The first kappa shape index (κ1) is 27.4. The number of alkyl halides is 3. The number of likely N-dealkylation sites (tertiary alicyclic amines) is 1. The van der Waals surface area contributed by atoms with Crippen LogP contribution in [0.2, 0.25) is 0 Å². The maximum atomic E-state index is 13.2. The average molecular weight is 519 g/mol. The summed E-state index contributed by atoms with van der Waals surface area (Å²) in [7, 11) is -1.53. The molecule has 12 heteroatoms. The van der Waals surface area contributed by atoms with Gasteiger partial charge in [-0.3, -0.25) is 9.59 Å². The number of halogens is 3. The number of nitrogens with zero attached hydrogens (tertiary/aromatic N) is 2. The number of carbonyl (C=O) groups is 2. The Labute approximate surface area is 204 Å². The minimum absolute atomic E-state index is 0.152. The van der Waals surface area contributed by atoms with Gasteiger partial charge in [0, 0.05) is 36.3 Å². The molecule has 2 aliphatic rings. The van der Waals surface area contributed by atoms with Crippen LogP contribution in [-0.4, -0.2) is 80.1 Å². The summed E-state index contributed by atoms with van der Waals surface area (Å²) in [5.74, 6) is -1.12. The number of benzene rings is 1. The van der Waals surface area contributed by atoms with Gasteiger partial charge in [-0.05, 0) is 64.8 Å². The van der Waals surface area contributed by atoms with Gasteiger partial charge in [-0.25, -0.2) is 13.1 Å². The van der Waals surface area contributed by atoms with Crippen LogP contribution in [0.4, 0.5) is 13.2 Å². The van der Waals surface area contributed by atoms with Crippen LogP contribution in [0, 0.1) is 0 Å². The summed E-state index contributed by atoms with van der Waals surface area (Å²) >= 11 is 0. The molecular formula is C23H33F3N4O4S. The van der Waals surface area contributed by atoms with Crippen molar-refractivity contribution in [2.45, 2.75) is 75.9 Å². The highest BCUT2D eigenvalue weighted by Crippen LogP contribution is 2.31. The highest BCUT2D eigenvalue weighted by Gasteiger charge is 2.43. The van der Waals surface area contributed by atoms with Crippen LogP contribution < -0.4 is 10.0 Å². The van der Waals surface area contributed by atoms with E-state index in [1.807, 2.05) is 7.05 Å². The standard InChI is InChI=1S/C23H33F3N4O4S/c1-14(2)29(3)17-8-9-20(19(13-17)28-35(4,33)34)30-11-10-18(22(30)32)27-21(31)15-6-5-7-16(12-15)23(24,25)26/h5-7,12,14,17-20,28H,8-11,13H2,1-4H3,(H,27,31)/t17-,18+,19-,20+/m1/s1. The van der Waals surface area contributed by atoms with Crippen molar-refractivity contribution in [3.63, 3.8) is 0 Å². The zero-order valence-corrected chi connectivity index (χ0v) is 21.1. The predicted molar refractivity (Wildman–Crippen MR) is 125 cm³/mol. The van der Waals surface area contributed by atoms with E-state index in [0.717, 1.165) is 30.9 Å². The van der Waals surface area contributed by atoms with E-state index in [1.54, 1.807) is 4.90 Å². The molecule has 2 N–H and O–H groups in total. The Hall–Kier alpha value is -2.18. The number of carbonyl (C=O) groups excluding carboxylic acids is 2. The van der Waals surface area contributed by atoms with E-state index in [2.05, 4.69) is 28.8 Å². The second kappa shape index (κ2) is 10.4. The molecule has 0 aromatic heterocycles. The third-order valence-corrected chi connectivity index (χ3v) is 7.67. The Kier molecular flexibility index (Phi) is 8.17. The summed E-state index contributed by atoms with van der Waals surface area (Å²) in [5, 5.41) is 2.55.